The molecule has 2 amide bonds. The zero-order valence-corrected chi connectivity index (χ0v) is 10.7. The fourth-order valence-electron chi connectivity index (χ4n) is 1.76. The van der Waals surface area contributed by atoms with Gasteiger partial charge in [-0.3, -0.25) is 9.80 Å². The van der Waals surface area contributed by atoms with Crippen molar-refractivity contribution in [1.82, 2.24) is 9.91 Å². The zero-order valence-electron chi connectivity index (χ0n) is 10.7. The Hall–Kier alpha value is -1.30. The number of hydrazine groups is 1. The molecule has 2 N–H and O–H groups in total. The fourth-order valence-corrected chi connectivity index (χ4v) is 1.76. The normalized spacial score (nSPS) is 17.8. The van der Waals surface area contributed by atoms with E-state index >= 15 is 0 Å². The number of carbonyl (C=O) groups is 2. The van der Waals surface area contributed by atoms with Crippen LogP contribution < -0.4 is 5.84 Å². The number of nitrogens with two attached hydrogens (primary N) is 1. The van der Waals surface area contributed by atoms with Crippen LogP contribution in [0.1, 0.15) is 33.6 Å². The molecule has 1 aliphatic heterocycles. The van der Waals surface area contributed by atoms with Crippen molar-refractivity contribution in [2.45, 2.75) is 45.3 Å². The number of carbonyl (C=O) groups excluding carboxylic acids is 2. The largest absolute Gasteiger partial charge is 0.444 e. The zero-order chi connectivity index (χ0) is 13.1. The van der Waals surface area contributed by atoms with E-state index in [1.807, 2.05) is 20.8 Å². The third-order valence-corrected chi connectivity index (χ3v) is 2.66. The van der Waals surface area contributed by atoms with Crippen molar-refractivity contribution in [2.24, 2.45) is 5.84 Å². The molecule has 17 heavy (non-hydrogen) atoms. The molecule has 0 atom stereocenters. The van der Waals surface area contributed by atoms with Gasteiger partial charge in [0.15, 0.2) is 0 Å². The fraction of sp³-hybridized carbons (Fsp3) is 0.818. The van der Waals surface area contributed by atoms with Crippen LogP contribution in [-0.2, 0) is 9.53 Å². The summed E-state index contributed by atoms with van der Waals surface area (Å²) in [7, 11) is 0. The summed E-state index contributed by atoms with van der Waals surface area (Å²) < 4.78 is 5.27. The lowest BCUT2D eigenvalue weighted by atomic mass is 10.1. The summed E-state index contributed by atoms with van der Waals surface area (Å²) in [5.74, 6) is 5.50. The molecule has 6 nitrogen and oxygen atoms in total. The van der Waals surface area contributed by atoms with E-state index in [1.54, 1.807) is 4.90 Å². The first kappa shape index (κ1) is 13.8. The van der Waals surface area contributed by atoms with Gasteiger partial charge in [-0.25, -0.2) is 10.6 Å². The van der Waals surface area contributed by atoms with Crippen molar-refractivity contribution in [3.63, 3.8) is 0 Å². The number of hydrogen-bond acceptors (Lipinski definition) is 4. The molecule has 0 aromatic carbocycles. The van der Waals surface area contributed by atoms with Gasteiger partial charge in [-0.1, -0.05) is 0 Å². The molecule has 1 fully saturated rings. The Labute approximate surface area is 102 Å². The number of ether oxygens (including phenoxy) is 1. The Kier molecular flexibility index (Phi) is 4.34. The molecule has 0 aromatic heterocycles. The van der Waals surface area contributed by atoms with Gasteiger partial charge in [0.2, 0.25) is 6.41 Å². The van der Waals surface area contributed by atoms with E-state index in [1.165, 1.54) is 5.01 Å². The summed E-state index contributed by atoms with van der Waals surface area (Å²) in [5.41, 5.74) is -0.476. The van der Waals surface area contributed by atoms with Crippen LogP contribution >= 0.6 is 0 Å². The summed E-state index contributed by atoms with van der Waals surface area (Å²) in [6, 6.07) is 0.0196. The van der Waals surface area contributed by atoms with Crippen molar-refractivity contribution in [3.05, 3.63) is 0 Å². The number of amides is 2. The van der Waals surface area contributed by atoms with E-state index in [-0.39, 0.29) is 12.1 Å². The summed E-state index contributed by atoms with van der Waals surface area (Å²) in [5, 5.41) is 1.17. The Morgan fingerprint density at radius 2 is 1.94 bits per heavy atom. The molecule has 0 unspecified atom stereocenters. The van der Waals surface area contributed by atoms with Crippen molar-refractivity contribution in [3.8, 4) is 0 Å². The molecule has 1 saturated heterocycles. The minimum Gasteiger partial charge on any atom is -0.444 e. The molecule has 0 bridgehead atoms. The van der Waals surface area contributed by atoms with Crippen molar-refractivity contribution < 1.29 is 14.3 Å². The molecular formula is C11H21N3O3. The lowest BCUT2D eigenvalue weighted by Crippen LogP contribution is -2.49. The Bertz CT molecular complexity index is 280. The molecule has 0 aliphatic carbocycles. The van der Waals surface area contributed by atoms with E-state index in [9.17, 15) is 9.59 Å². The van der Waals surface area contributed by atoms with Crippen molar-refractivity contribution in [1.29, 1.82) is 0 Å². The second-order valence-corrected chi connectivity index (χ2v) is 5.25. The average Bonchev–Trinajstić information content (AvgIpc) is 2.26. The second-order valence-electron chi connectivity index (χ2n) is 5.25. The summed E-state index contributed by atoms with van der Waals surface area (Å²) in [4.78, 5) is 23.9. The van der Waals surface area contributed by atoms with Crippen LogP contribution in [0.4, 0.5) is 4.79 Å². The Balaban J connectivity index is 2.41. The maximum Gasteiger partial charge on any atom is 0.410 e. The van der Waals surface area contributed by atoms with Crippen LogP contribution in [0.15, 0.2) is 0 Å². The molecule has 1 heterocycles. The van der Waals surface area contributed by atoms with Crippen LogP contribution in [0.3, 0.4) is 0 Å². The molecular weight excluding hydrogens is 222 g/mol. The minimum absolute atomic E-state index is 0.0196. The highest BCUT2D eigenvalue weighted by Gasteiger charge is 2.28. The lowest BCUT2D eigenvalue weighted by molar-refractivity contribution is -0.121. The van der Waals surface area contributed by atoms with E-state index in [4.69, 9.17) is 10.6 Å². The Morgan fingerprint density at radius 1 is 1.41 bits per heavy atom. The molecule has 6 heteroatoms. The van der Waals surface area contributed by atoms with Crippen molar-refractivity contribution in [2.75, 3.05) is 13.1 Å². The number of hydrogen-bond donors (Lipinski definition) is 1. The molecule has 1 aliphatic rings. The minimum atomic E-state index is -0.476. The van der Waals surface area contributed by atoms with Crippen molar-refractivity contribution >= 4 is 12.5 Å². The number of nitrogens with zero attached hydrogens (tertiary/aromatic N) is 2. The summed E-state index contributed by atoms with van der Waals surface area (Å²) in [6.45, 7) is 6.66. The quantitative estimate of drug-likeness (QED) is 0.335. The van der Waals surface area contributed by atoms with Gasteiger partial charge in [0.25, 0.3) is 0 Å². The van der Waals surface area contributed by atoms with Crippen LogP contribution in [0.5, 0.6) is 0 Å². The summed E-state index contributed by atoms with van der Waals surface area (Å²) in [6.07, 6.45) is 1.70. The van der Waals surface area contributed by atoms with Gasteiger partial charge in [0.05, 0.1) is 6.04 Å². The predicted octanol–water partition coefficient (Wildman–Crippen LogP) is 0.718. The Morgan fingerprint density at radius 3 is 2.35 bits per heavy atom. The van der Waals surface area contributed by atoms with Gasteiger partial charge in [-0.05, 0) is 33.6 Å². The number of rotatable bonds is 2. The average molecular weight is 243 g/mol. The first-order valence-corrected chi connectivity index (χ1v) is 5.80. The van der Waals surface area contributed by atoms with Gasteiger partial charge in [-0.2, -0.15) is 0 Å². The topological polar surface area (TPSA) is 75.9 Å². The van der Waals surface area contributed by atoms with Gasteiger partial charge >= 0.3 is 6.09 Å². The SMILES string of the molecule is CC(C)(C)OC(=O)N1CCC(N(N)C=O)CC1. The third-order valence-electron chi connectivity index (χ3n) is 2.66. The van der Waals surface area contributed by atoms with Gasteiger partial charge in [-0.15, -0.1) is 0 Å². The van der Waals surface area contributed by atoms with Gasteiger partial charge < -0.3 is 9.64 Å². The summed E-state index contributed by atoms with van der Waals surface area (Å²) >= 11 is 0. The maximum atomic E-state index is 11.7. The van der Waals surface area contributed by atoms with Crippen LogP contribution in [-0.4, -0.2) is 47.1 Å². The van der Waals surface area contributed by atoms with E-state index in [0.29, 0.717) is 32.3 Å². The molecule has 0 radical (unpaired) electrons. The van der Waals surface area contributed by atoms with E-state index in [0.717, 1.165) is 0 Å². The molecule has 0 saturated carbocycles. The number of likely N-dealkylation sites (tertiary alicyclic amines) is 1. The number of piperidine rings is 1. The maximum absolute atomic E-state index is 11.7. The molecule has 98 valence electrons. The van der Waals surface area contributed by atoms with E-state index in [2.05, 4.69) is 0 Å². The van der Waals surface area contributed by atoms with Crippen LogP contribution in [0.2, 0.25) is 0 Å². The first-order valence-electron chi connectivity index (χ1n) is 5.80. The second kappa shape index (κ2) is 5.35. The highest BCUT2D eigenvalue weighted by molar-refractivity contribution is 5.68. The smallest absolute Gasteiger partial charge is 0.410 e. The van der Waals surface area contributed by atoms with Gasteiger partial charge in [0.1, 0.15) is 5.60 Å². The molecule has 0 spiro atoms. The monoisotopic (exact) mass is 243 g/mol. The molecule has 1 rings (SSSR count). The van der Waals surface area contributed by atoms with E-state index < -0.39 is 5.60 Å². The standard InChI is InChI=1S/C11H21N3O3/c1-11(2,3)17-10(16)13-6-4-9(5-7-13)14(12)8-15/h8-9H,4-7,12H2,1-3H3. The van der Waals surface area contributed by atoms with Gasteiger partial charge in [0, 0.05) is 13.1 Å². The lowest BCUT2D eigenvalue weighted by Gasteiger charge is -2.35. The first-order chi connectivity index (χ1) is 7.83. The third kappa shape index (κ3) is 4.22. The highest BCUT2D eigenvalue weighted by Crippen LogP contribution is 2.16. The molecule has 0 aromatic rings. The predicted molar refractivity (Wildman–Crippen MR) is 62.9 cm³/mol. The van der Waals surface area contributed by atoms with Crippen LogP contribution in [0.25, 0.3) is 0 Å². The van der Waals surface area contributed by atoms with Crippen LogP contribution in [0, 0.1) is 0 Å². The highest BCUT2D eigenvalue weighted by atomic mass is 16.6.